The van der Waals surface area contributed by atoms with Gasteiger partial charge >= 0.3 is 6.03 Å². The second-order valence-electron chi connectivity index (χ2n) is 9.89. The van der Waals surface area contributed by atoms with Gasteiger partial charge in [-0.1, -0.05) is 35.5 Å². The zero-order valence-corrected chi connectivity index (χ0v) is 21.0. The molecule has 2 aliphatic rings. The number of fused-ring (bicyclic) bond motifs is 1. The maximum Gasteiger partial charge on any atom is 0.317 e. The summed E-state index contributed by atoms with van der Waals surface area (Å²) in [6.07, 6.45) is 6.31. The molecule has 2 N–H and O–H groups in total. The van der Waals surface area contributed by atoms with E-state index in [4.69, 9.17) is 4.52 Å². The first-order chi connectivity index (χ1) is 18.2. The second kappa shape index (κ2) is 10.2. The number of piperidine rings is 1. The van der Waals surface area contributed by atoms with E-state index >= 15 is 0 Å². The molecule has 6 rings (SSSR count). The summed E-state index contributed by atoms with van der Waals surface area (Å²) >= 11 is 0. The first kappa shape index (κ1) is 23.4. The number of hydrogen-bond donors (Lipinski definition) is 2. The summed E-state index contributed by atoms with van der Waals surface area (Å²) in [6.45, 7) is 5.74. The van der Waals surface area contributed by atoms with Crippen LogP contribution in [0.5, 0.6) is 0 Å². The number of pyridine rings is 1. The molecule has 1 atom stereocenters. The lowest BCUT2D eigenvalue weighted by Crippen LogP contribution is -2.52. The first-order valence-corrected chi connectivity index (χ1v) is 12.9. The van der Waals surface area contributed by atoms with Crippen molar-refractivity contribution in [2.24, 2.45) is 0 Å². The molecular formula is C28H31N7O2. The molecule has 0 unspecified atom stereocenters. The fourth-order valence-electron chi connectivity index (χ4n) is 5.42. The SMILES string of the molecule is Cc1onc(-c2ccccc2)c1CN1CCC[C@@H](NC(=O)N2CCc3[nH]nc(-c4ccncc4)c3C2)C1. The summed E-state index contributed by atoms with van der Waals surface area (Å²) in [7, 11) is 0. The summed E-state index contributed by atoms with van der Waals surface area (Å²) in [5.74, 6) is 0.847. The fraction of sp³-hybridized carbons (Fsp3) is 0.357. The molecule has 9 heteroatoms. The number of H-pyrrole nitrogens is 1. The highest BCUT2D eigenvalue weighted by atomic mass is 16.5. The lowest BCUT2D eigenvalue weighted by molar-refractivity contribution is 0.160. The van der Waals surface area contributed by atoms with E-state index in [0.717, 1.165) is 84.0 Å². The highest BCUT2D eigenvalue weighted by Gasteiger charge is 2.29. The molecule has 0 aliphatic carbocycles. The van der Waals surface area contributed by atoms with Crippen molar-refractivity contribution in [3.05, 3.63) is 77.4 Å². The minimum absolute atomic E-state index is 0.00879. The topological polar surface area (TPSA) is 103 Å². The van der Waals surface area contributed by atoms with E-state index in [-0.39, 0.29) is 12.1 Å². The van der Waals surface area contributed by atoms with E-state index in [2.05, 4.69) is 42.7 Å². The fourth-order valence-corrected chi connectivity index (χ4v) is 5.42. The van der Waals surface area contributed by atoms with Gasteiger partial charge in [0.15, 0.2) is 0 Å². The van der Waals surface area contributed by atoms with Gasteiger partial charge < -0.3 is 14.7 Å². The van der Waals surface area contributed by atoms with Crippen molar-refractivity contribution in [2.45, 2.75) is 45.3 Å². The third-order valence-electron chi connectivity index (χ3n) is 7.42. The number of likely N-dealkylation sites (tertiary alicyclic amines) is 1. The molecule has 0 saturated carbocycles. The van der Waals surface area contributed by atoms with Gasteiger partial charge in [-0.3, -0.25) is 15.0 Å². The van der Waals surface area contributed by atoms with Gasteiger partial charge in [0.1, 0.15) is 11.5 Å². The monoisotopic (exact) mass is 497 g/mol. The van der Waals surface area contributed by atoms with Gasteiger partial charge in [0.25, 0.3) is 0 Å². The van der Waals surface area contributed by atoms with Crippen LogP contribution in [0.25, 0.3) is 22.5 Å². The lowest BCUT2D eigenvalue weighted by atomic mass is 10.0. The summed E-state index contributed by atoms with van der Waals surface area (Å²) in [4.78, 5) is 21.7. The average Bonchev–Trinajstić information content (AvgIpc) is 3.53. The highest BCUT2D eigenvalue weighted by molar-refractivity contribution is 5.76. The molecule has 1 saturated heterocycles. The maximum atomic E-state index is 13.3. The van der Waals surface area contributed by atoms with E-state index in [0.29, 0.717) is 13.1 Å². The van der Waals surface area contributed by atoms with E-state index in [1.807, 2.05) is 42.2 Å². The molecule has 9 nitrogen and oxygen atoms in total. The molecular weight excluding hydrogens is 466 g/mol. The third kappa shape index (κ3) is 4.86. The molecule has 1 fully saturated rings. The first-order valence-electron chi connectivity index (χ1n) is 12.9. The number of carbonyl (C=O) groups is 1. The van der Waals surface area contributed by atoms with Crippen LogP contribution in [-0.2, 0) is 19.5 Å². The van der Waals surface area contributed by atoms with Crippen molar-refractivity contribution in [2.75, 3.05) is 19.6 Å². The molecule has 0 bridgehead atoms. The molecule has 3 aromatic heterocycles. The Labute approximate surface area is 215 Å². The molecule has 0 radical (unpaired) electrons. The zero-order chi connectivity index (χ0) is 25.2. The predicted molar refractivity (Wildman–Crippen MR) is 139 cm³/mol. The molecule has 2 aliphatic heterocycles. The van der Waals surface area contributed by atoms with Crippen molar-refractivity contribution < 1.29 is 9.32 Å². The largest absolute Gasteiger partial charge is 0.361 e. The number of carbonyl (C=O) groups excluding carboxylic acids is 1. The molecule has 0 spiro atoms. The Morgan fingerprint density at radius 3 is 2.76 bits per heavy atom. The Kier molecular flexibility index (Phi) is 6.44. The quantitative estimate of drug-likeness (QED) is 0.429. The van der Waals surface area contributed by atoms with Crippen LogP contribution in [0.4, 0.5) is 4.79 Å². The van der Waals surface area contributed by atoms with E-state index in [9.17, 15) is 4.79 Å². The van der Waals surface area contributed by atoms with Gasteiger partial charge in [0.2, 0.25) is 0 Å². The number of benzene rings is 1. The van der Waals surface area contributed by atoms with Crippen LogP contribution in [0, 0.1) is 6.92 Å². The summed E-state index contributed by atoms with van der Waals surface area (Å²) in [6, 6.07) is 14.2. The molecule has 5 heterocycles. The van der Waals surface area contributed by atoms with E-state index < -0.39 is 0 Å². The minimum Gasteiger partial charge on any atom is -0.361 e. The average molecular weight is 498 g/mol. The number of aromatic nitrogens is 4. The Morgan fingerprint density at radius 2 is 1.92 bits per heavy atom. The Balaban J connectivity index is 1.10. The van der Waals surface area contributed by atoms with Crippen LogP contribution in [0.3, 0.4) is 0 Å². The van der Waals surface area contributed by atoms with Gasteiger partial charge in [-0.15, -0.1) is 0 Å². The van der Waals surface area contributed by atoms with E-state index in [1.54, 1.807) is 12.4 Å². The van der Waals surface area contributed by atoms with Gasteiger partial charge in [-0.25, -0.2) is 4.79 Å². The van der Waals surface area contributed by atoms with Crippen molar-refractivity contribution in [3.63, 3.8) is 0 Å². The molecule has 2 amide bonds. The number of aryl methyl sites for hydroxylation is 1. The van der Waals surface area contributed by atoms with Crippen LogP contribution in [0.1, 0.15) is 35.4 Å². The maximum absolute atomic E-state index is 13.3. The van der Waals surface area contributed by atoms with Gasteiger partial charge in [-0.05, 0) is 38.4 Å². The number of nitrogens with zero attached hydrogens (tertiary/aromatic N) is 5. The van der Waals surface area contributed by atoms with Crippen LogP contribution < -0.4 is 5.32 Å². The number of rotatable bonds is 5. The van der Waals surface area contributed by atoms with Crippen molar-refractivity contribution >= 4 is 6.03 Å². The highest BCUT2D eigenvalue weighted by Crippen LogP contribution is 2.29. The van der Waals surface area contributed by atoms with Crippen molar-refractivity contribution in [3.8, 4) is 22.5 Å². The van der Waals surface area contributed by atoms with Crippen LogP contribution in [-0.4, -0.2) is 61.8 Å². The van der Waals surface area contributed by atoms with Crippen LogP contribution in [0.15, 0.2) is 59.4 Å². The van der Waals surface area contributed by atoms with Gasteiger partial charge in [0.05, 0.1) is 12.2 Å². The normalized spacial score (nSPS) is 18.0. The van der Waals surface area contributed by atoms with Crippen molar-refractivity contribution in [1.82, 2.24) is 35.5 Å². The number of amides is 2. The minimum atomic E-state index is -0.00879. The second-order valence-corrected chi connectivity index (χ2v) is 9.89. The molecule has 190 valence electrons. The Hall–Kier alpha value is -3.98. The number of hydrogen-bond acceptors (Lipinski definition) is 6. The smallest absolute Gasteiger partial charge is 0.317 e. The molecule has 4 aromatic rings. The lowest BCUT2D eigenvalue weighted by Gasteiger charge is -2.35. The Bertz CT molecular complexity index is 1370. The summed E-state index contributed by atoms with van der Waals surface area (Å²) in [5, 5.41) is 15.3. The van der Waals surface area contributed by atoms with E-state index in [1.165, 1.54) is 0 Å². The van der Waals surface area contributed by atoms with Crippen molar-refractivity contribution in [1.29, 1.82) is 0 Å². The number of nitrogens with one attached hydrogen (secondary N) is 2. The standard InChI is InChI=1S/C28H31N7O2/c1-19-23(27(33-37-19)20-6-3-2-4-7-20)17-34-14-5-8-22(16-34)30-28(36)35-15-11-25-24(18-35)26(32-31-25)21-9-12-29-13-10-21/h2-4,6-7,9-10,12-13,22H,5,8,11,14-18H2,1H3,(H,30,36)(H,31,32)/t22-/m1/s1. The predicted octanol–water partition coefficient (Wildman–Crippen LogP) is 4.17. The zero-order valence-electron chi connectivity index (χ0n) is 21.0. The molecule has 1 aromatic carbocycles. The third-order valence-corrected chi connectivity index (χ3v) is 7.42. The Morgan fingerprint density at radius 1 is 1.11 bits per heavy atom. The van der Waals surface area contributed by atoms with Gasteiger partial charge in [-0.2, -0.15) is 5.10 Å². The van der Waals surface area contributed by atoms with Crippen LogP contribution in [0.2, 0.25) is 0 Å². The summed E-state index contributed by atoms with van der Waals surface area (Å²) in [5.41, 5.74) is 7.19. The number of urea groups is 1. The summed E-state index contributed by atoms with van der Waals surface area (Å²) < 4.78 is 5.56. The van der Waals surface area contributed by atoms with Crippen LogP contribution >= 0.6 is 0 Å². The van der Waals surface area contributed by atoms with Gasteiger partial charge in [0, 0.05) is 72.4 Å². The number of aromatic amines is 1. The molecule has 37 heavy (non-hydrogen) atoms.